The Morgan fingerprint density at radius 3 is 2.69 bits per heavy atom. The Kier molecular flexibility index (Phi) is 4.81. The van der Waals surface area contributed by atoms with E-state index in [1.165, 1.54) is 12.0 Å². The molecule has 1 saturated carbocycles. The van der Waals surface area contributed by atoms with Crippen LogP contribution in [0, 0.1) is 19.8 Å². The molecule has 0 unspecified atom stereocenters. The highest BCUT2D eigenvalue weighted by Crippen LogP contribution is 2.35. The zero-order valence-electron chi connectivity index (χ0n) is 15.6. The predicted octanol–water partition coefficient (Wildman–Crippen LogP) is 3.25. The fraction of sp³-hybridized carbons (Fsp3) is 0.524. The van der Waals surface area contributed by atoms with Crippen LogP contribution < -0.4 is 0 Å². The fourth-order valence-corrected chi connectivity index (χ4v) is 4.10. The molecule has 4 rings (SSSR count). The molecule has 1 aliphatic heterocycles. The molecule has 0 bridgehead atoms. The minimum absolute atomic E-state index is 0.0126. The molecule has 0 N–H and O–H groups in total. The Bertz CT molecular complexity index is 780. The lowest BCUT2D eigenvalue weighted by atomic mass is 9.83. The zero-order chi connectivity index (χ0) is 18.1. The maximum absolute atomic E-state index is 12.9. The van der Waals surface area contributed by atoms with Gasteiger partial charge in [0.1, 0.15) is 0 Å². The molecule has 2 aliphatic rings. The van der Waals surface area contributed by atoms with Crippen LogP contribution in [0.4, 0.5) is 0 Å². The summed E-state index contributed by atoms with van der Waals surface area (Å²) < 4.78 is 7.81. The Morgan fingerprint density at radius 1 is 1.23 bits per heavy atom. The summed E-state index contributed by atoms with van der Waals surface area (Å²) in [7, 11) is 0. The molecule has 1 aliphatic carbocycles. The Balaban J connectivity index is 1.62. The third-order valence-electron chi connectivity index (χ3n) is 5.81. The van der Waals surface area contributed by atoms with Gasteiger partial charge in [0.25, 0.3) is 0 Å². The maximum atomic E-state index is 12.9. The van der Waals surface area contributed by atoms with Crippen molar-refractivity contribution in [3.63, 3.8) is 0 Å². The Morgan fingerprint density at radius 2 is 2.00 bits per heavy atom. The number of nitrogens with zero attached hydrogens (tertiary/aromatic N) is 3. The van der Waals surface area contributed by atoms with E-state index in [1.54, 1.807) is 0 Å². The van der Waals surface area contributed by atoms with Crippen molar-refractivity contribution < 1.29 is 9.53 Å². The van der Waals surface area contributed by atoms with Gasteiger partial charge in [0.2, 0.25) is 5.91 Å². The molecule has 5 nitrogen and oxygen atoms in total. The van der Waals surface area contributed by atoms with Crippen LogP contribution in [-0.4, -0.2) is 40.3 Å². The molecule has 0 radical (unpaired) electrons. The smallest absolute Gasteiger partial charge is 0.226 e. The monoisotopic (exact) mass is 353 g/mol. The molecule has 1 amide bonds. The minimum Gasteiger partial charge on any atom is -0.377 e. The number of hydrogen-bond donors (Lipinski definition) is 0. The number of hydrogen-bond acceptors (Lipinski definition) is 3. The molecule has 1 saturated heterocycles. The van der Waals surface area contributed by atoms with E-state index >= 15 is 0 Å². The highest BCUT2D eigenvalue weighted by atomic mass is 16.5. The van der Waals surface area contributed by atoms with Crippen LogP contribution in [0.3, 0.4) is 0 Å². The molecule has 2 aromatic rings. The van der Waals surface area contributed by atoms with Crippen LogP contribution in [0.5, 0.6) is 0 Å². The molecule has 1 aromatic heterocycles. The van der Waals surface area contributed by atoms with Gasteiger partial charge in [-0.05, 0) is 32.3 Å². The number of aromatic nitrogens is 2. The number of rotatable bonds is 4. The van der Waals surface area contributed by atoms with Crippen molar-refractivity contribution in [2.75, 3.05) is 19.8 Å². The lowest BCUT2D eigenvalue weighted by Gasteiger charge is -2.40. The number of aryl methyl sites for hydroxylation is 1. The van der Waals surface area contributed by atoms with E-state index in [9.17, 15) is 4.79 Å². The lowest BCUT2D eigenvalue weighted by Crippen LogP contribution is -2.47. The van der Waals surface area contributed by atoms with Crippen molar-refractivity contribution in [1.29, 1.82) is 0 Å². The second kappa shape index (κ2) is 7.23. The predicted molar refractivity (Wildman–Crippen MR) is 99.9 cm³/mol. The van der Waals surface area contributed by atoms with Crippen molar-refractivity contribution in [2.45, 2.75) is 45.7 Å². The lowest BCUT2D eigenvalue weighted by molar-refractivity contribution is -0.147. The van der Waals surface area contributed by atoms with Crippen LogP contribution in [0.1, 0.15) is 47.8 Å². The highest BCUT2D eigenvalue weighted by Gasteiger charge is 2.37. The number of carbonyl (C=O) groups excluding carboxylic acids is 1. The summed E-state index contributed by atoms with van der Waals surface area (Å²) in [5.41, 5.74) is 4.52. The number of carbonyl (C=O) groups is 1. The van der Waals surface area contributed by atoms with E-state index in [0.717, 1.165) is 36.3 Å². The maximum Gasteiger partial charge on any atom is 0.226 e. The second-order valence-corrected chi connectivity index (χ2v) is 7.48. The van der Waals surface area contributed by atoms with E-state index in [-0.39, 0.29) is 12.0 Å². The van der Waals surface area contributed by atoms with Crippen LogP contribution in [0.25, 0.3) is 0 Å². The molecular weight excluding hydrogens is 326 g/mol. The van der Waals surface area contributed by atoms with Gasteiger partial charge in [0.15, 0.2) is 0 Å². The number of ether oxygens (including phenoxy) is 1. The molecule has 2 fully saturated rings. The van der Waals surface area contributed by atoms with Gasteiger partial charge in [-0.2, -0.15) is 5.10 Å². The van der Waals surface area contributed by atoms with Gasteiger partial charge in [-0.3, -0.25) is 9.48 Å². The first-order valence-corrected chi connectivity index (χ1v) is 9.61. The van der Waals surface area contributed by atoms with Gasteiger partial charge in [0.05, 0.1) is 31.5 Å². The van der Waals surface area contributed by atoms with Crippen LogP contribution >= 0.6 is 0 Å². The van der Waals surface area contributed by atoms with E-state index < -0.39 is 0 Å². The standard InChI is InChI=1S/C21H27N3O2/c1-15-20(16(2)24(22-15)13-17-7-4-3-5-8-17)19-14-26-12-11-23(19)21(25)18-9-6-10-18/h3-5,7-8,18-19H,6,9-14H2,1-2H3/t19-/m1/s1. The van der Waals surface area contributed by atoms with Gasteiger partial charge in [-0.15, -0.1) is 0 Å². The molecule has 1 atom stereocenters. The summed E-state index contributed by atoms with van der Waals surface area (Å²) in [6, 6.07) is 10.4. The normalized spacial score (nSPS) is 20.8. The molecule has 2 heterocycles. The molecular formula is C21H27N3O2. The zero-order valence-corrected chi connectivity index (χ0v) is 15.6. The summed E-state index contributed by atoms with van der Waals surface area (Å²) in [4.78, 5) is 15.0. The topological polar surface area (TPSA) is 47.4 Å². The molecule has 1 aromatic carbocycles. The Hall–Kier alpha value is -2.14. The van der Waals surface area contributed by atoms with Crippen molar-refractivity contribution in [3.8, 4) is 0 Å². The highest BCUT2D eigenvalue weighted by molar-refractivity contribution is 5.80. The van der Waals surface area contributed by atoms with Gasteiger partial charge >= 0.3 is 0 Å². The quantitative estimate of drug-likeness (QED) is 0.848. The molecule has 138 valence electrons. The van der Waals surface area contributed by atoms with Gasteiger partial charge in [-0.1, -0.05) is 36.8 Å². The van der Waals surface area contributed by atoms with Crippen molar-refractivity contribution in [3.05, 3.63) is 52.8 Å². The van der Waals surface area contributed by atoms with E-state index in [1.807, 2.05) is 13.0 Å². The first kappa shape index (κ1) is 17.3. The van der Waals surface area contributed by atoms with Crippen molar-refractivity contribution >= 4 is 5.91 Å². The van der Waals surface area contributed by atoms with Crippen molar-refractivity contribution in [2.24, 2.45) is 5.92 Å². The number of benzene rings is 1. The summed E-state index contributed by atoms with van der Waals surface area (Å²) >= 11 is 0. The van der Waals surface area contributed by atoms with E-state index in [2.05, 4.69) is 40.8 Å². The summed E-state index contributed by atoms with van der Waals surface area (Å²) in [5.74, 6) is 0.523. The van der Waals surface area contributed by atoms with Gasteiger partial charge in [0, 0.05) is 23.7 Å². The van der Waals surface area contributed by atoms with Crippen molar-refractivity contribution in [1.82, 2.24) is 14.7 Å². The minimum atomic E-state index is -0.0126. The average molecular weight is 353 g/mol. The second-order valence-electron chi connectivity index (χ2n) is 7.48. The first-order chi connectivity index (χ1) is 12.6. The van der Waals surface area contributed by atoms with Crippen LogP contribution in [0.15, 0.2) is 30.3 Å². The average Bonchev–Trinajstić information content (AvgIpc) is 2.88. The van der Waals surface area contributed by atoms with Crippen LogP contribution in [0.2, 0.25) is 0 Å². The summed E-state index contributed by atoms with van der Waals surface area (Å²) in [6.07, 6.45) is 3.25. The molecule has 26 heavy (non-hydrogen) atoms. The number of morpholine rings is 1. The van der Waals surface area contributed by atoms with E-state index in [0.29, 0.717) is 25.7 Å². The number of amides is 1. The largest absolute Gasteiger partial charge is 0.377 e. The summed E-state index contributed by atoms with van der Waals surface area (Å²) in [5, 5.41) is 4.78. The van der Waals surface area contributed by atoms with E-state index in [4.69, 9.17) is 9.84 Å². The molecule has 5 heteroatoms. The van der Waals surface area contributed by atoms with Crippen LogP contribution in [-0.2, 0) is 16.1 Å². The van der Waals surface area contributed by atoms with Gasteiger partial charge in [-0.25, -0.2) is 0 Å². The summed E-state index contributed by atoms with van der Waals surface area (Å²) in [6.45, 7) is 6.78. The third-order valence-corrected chi connectivity index (χ3v) is 5.81. The molecule has 0 spiro atoms. The fourth-order valence-electron chi connectivity index (χ4n) is 4.10. The first-order valence-electron chi connectivity index (χ1n) is 9.61. The third kappa shape index (κ3) is 3.16. The SMILES string of the molecule is Cc1nn(Cc2ccccc2)c(C)c1[C@H]1COCCN1C(=O)C1CCC1. The van der Waals surface area contributed by atoms with Gasteiger partial charge < -0.3 is 9.64 Å². The Labute approximate surface area is 154 Å².